The molecule has 1 aromatic heterocycles. The second kappa shape index (κ2) is 4.56. The molecule has 0 unspecified atom stereocenters. The number of aromatic nitrogens is 2. The fourth-order valence-corrected chi connectivity index (χ4v) is 1.72. The van der Waals surface area contributed by atoms with Gasteiger partial charge in [-0.15, -0.1) is 0 Å². The van der Waals surface area contributed by atoms with Crippen LogP contribution in [0, 0.1) is 3.70 Å². The second-order valence-electron chi connectivity index (χ2n) is 3.17. The molecule has 1 heterocycles. The van der Waals surface area contributed by atoms with Crippen molar-refractivity contribution in [3.8, 4) is 11.3 Å². The molecule has 0 saturated heterocycles. The molecule has 0 aliphatic heterocycles. The number of carbonyl (C=O) groups is 1. The summed E-state index contributed by atoms with van der Waals surface area (Å²) in [5.41, 5.74) is 7.42. The van der Waals surface area contributed by atoms with Crippen molar-refractivity contribution in [1.29, 1.82) is 0 Å². The second-order valence-corrected chi connectivity index (χ2v) is 4.27. The van der Waals surface area contributed by atoms with Gasteiger partial charge in [-0.1, -0.05) is 12.1 Å². The summed E-state index contributed by atoms with van der Waals surface area (Å²) in [5.74, 6) is -0.427. The van der Waals surface area contributed by atoms with Crippen LogP contribution in [0.3, 0.4) is 0 Å². The number of nitrogens with zero attached hydrogens (tertiary/aromatic N) is 2. The van der Waals surface area contributed by atoms with Gasteiger partial charge in [-0.3, -0.25) is 4.79 Å². The van der Waals surface area contributed by atoms with Gasteiger partial charge in [0.05, 0.1) is 5.69 Å². The standard InChI is InChI=1S/C11H8IN3O/c12-10-5-9(14-6-15-10)7-1-3-8(4-2-7)11(13)16/h1-6H,(H2,13,16). The van der Waals surface area contributed by atoms with Gasteiger partial charge < -0.3 is 5.73 Å². The van der Waals surface area contributed by atoms with Gasteiger partial charge in [0.15, 0.2) is 0 Å². The SMILES string of the molecule is NC(=O)c1ccc(-c2cc(I)ncn2)cc1. The first kappa shape index (κ1) is 11.0. The van der Waals surface area contributed by atoms with Crippen LogP contribution in [0.15, 0.2) is 36.7 Å². The number of halogens is 1. The number of amides is 1. The number of primary amides is 1. The van der Waals surface area contributed by atoms with E-state index in [1.165, 1.54) is 6.33 Å². The number of carbonyl (C=O) groups excluding carboxylic acids is 1. The lowest BCUT2D eigenvalue weighted by Gasteiger charge is -2.01. The molecule has 16 heavy (non-hydrogen) atoms. The van der Waals surface area contributed by atoms with Crippen LogP contribution < -0.4 is 5.73 Å². The normalized spacial score (nSPS) is 10.1. The number of rotatable bonds is 2. The lowest BCUT2D eigenvalue weighted by atomic mass is 10.1. The summed E-state index contributed by atoms with van der Waals surface area (Å²) in [6.45, 7) is 0. The van der Waals surface area contributed by atoms with Crippen LogP contribution in [-0.2, 0) is 0 Å². The van der Waals surface area contributed by atoms with E-state index in [0.29, 0.717) is 5.56 Å². The Balaban J connectivity index is 2.38. The highest BCUT2D eigenvalue weighted by atomic mass is 127. The lowest BCUT2D eigenvalue weighted by Crippen LogP contribution is -2.10. The molecular formula is C11H8IN3O. The van der Waals surface area contributed by atoms with Crippen LogP contribution >= 0.6 is 22.6 Å². The molecule has 2 N–H and O–H groups in total. The zero-order valence-corrected chi connectivity index (χ0v) is 10.4. The summed E-state index contributed by atoms with van der Waals surface area (Å²) in [7, 11) is 0. The zero-order valence-electron chi connectivity index (χ0n) is 8.22. The van der Waals surface area contributed by atoms with Gasteiger partial charge >= 0.3 is 0 Å². The summed E-state index contributed by atoms with van der Waals surface area (Å²) in [5, 5.41) is 0. The molecule has 0 bridgehead atoms. The van der Waals surface area contributed by atoms with Crippen molar-refractivity contribution >= 4 is 28.5 Å². The smallest absolute Gasteiger partial charge is 0.248 e. The van der Waals surface area contributed by atoms with Crippen LogP contribution in [0.2, 0.25) is 0 Å². The molecule has 0 saturated carbocycles. The van der Waals surface area contributed by atoms with E-state index in [0.717, 1.165) is 15.0 Å². The average Bonchev–Trinajstić information content (AvgIpc) is 2.29. The molecule has 2 rings (SSSR count). The van der Waals surface area contributed by atoms with Crippen molar-refractivity contribution in [2.24, 2.45) is 5.73 Å². The van der Waals surface area contributed by atoms with Gasteiger partial charge in [0.1, 0.15) is 10.0 Å². The van der Waals surface area contributed by atoms with E-state index in [9.17, 15) is 4.79 Å². The van der Waals surface area contributed by atoms with E-state index in [2.05, 4.69) is 32.6 Å². The molecule has 4 nitrogen and oxygen atoms in total. The van der Waals surface area contributed by atoms with Crippen LogP contribution in [0.4, 0.5) is 0 Å². The number of hydrogen-bond donors (Lipinski definition) is 1. The highest BCUT2D eigenvalue weighted by molar-refractivity contribution is 14.1. The van der Waals surface area contributed by atoms with Crippen molar-refractivity contribution in [2.75, 3.05) is 0 Å². The number of benzene rings is 1. The van der Waals surface area contributed by atoms with Gasteiger partial charge in [-0.25, -0.2) is 9.97 Å². The van der Waals surface area contributed by atoms with Crippen LogP contribution in [0.1, 0.15) is 10.4 Å². The molecule has 0 aliphatic carbocycles. The third kappa shape index (κ3) is 2.35. The maximum atomic E-state index is 10.9. The Hall–Kier alpha value is -1.50. The summed E-state index contributed by atoms with van der Waals surface area (Å²) < 4.78 is 0.876. The third-order valence-corrected chi connectivity index (χ3v) is 2.69. The van der Waals surface area contributed by atoms with Crippen molar-refractivity contribution < 1.29 is 4.79 Å². The van der Waals surface area contributed by atoms with Gasteiger partial charge in [-0.2, -0.15) is 0 Å². The molecule has 80 valence electrons. The summed E-state index contributed by atoms with van der Waals surface area (Å²) in [4.78, 5) is 19.1. The Kier molecular flexibility index (Phi) is 3.14. The van der Waals surface area contributed by atoms with E-state index >= 15 is 0 Å². The topological polar surface area (TPSA) is 68.9 Å². The predicted octanol–water partition coefficient (Wildman–Crippen LogP) is 1.85. The fourth-order valence-electron chi connectivity index (χ4n) is 1.30. The van der Waals surface area contributed by atoms with Crippen molar-refractivity contribution in [3.63, 3.8) is 0 Å². The molecule has 0 aliphatic rings. The van der Waals surface area contributed by atoms with Crippen molar-refractivity contribution in [2.45, 2.75) is 0 Å². The van der Waals surface area contributed by atoms with E-state index < -0.39 is 5.91 Å². The molecule has 0 radical (unpaired) electrons. The minimum absolute atomic E-state index is 0.427. The Morgan fingerprint density at radius 2 is 1.88 bits per heavy atom. The molecule has 5 heteroatoms. The Morgan fingerprint density at radius 1 is 1.19 bits per heavy atom. The molecular weight excluding hydrogens is 317 g/mol. The maximum absolute atomic E-state index is 10.9. The van der Waals surface area contributed by atoms with Gasteiger partial charge in [0.25, 0.3) is 0 Å². The van der Waals surface area contributed by atoms with Crippen LogP contribution in [0.25, 0.3) is 11.3 Å². The first-order chi connectivity index (χ1) is 7.66. The van der Waals surface area contributed by atoms with Crippen molar-refractivity contribution in [3.05, 3.63) is 45.9 Å². The minimum atomic E-state index is -0.427. The Labute approximate surface area is 106 Å². The predicted molar refractivity (Wildman–Crippen MR) is 68.7 cm³/mol. The Bertz CT molecular complexity index is 525. The third-order valence-electron chi connectivity index (χ3n) is 2.10. The van der Waals surface area contributed by atoms with E-state index in [1.807, 2.05) is 18.2 Å². The van der Waals surface area contributed by atoms with Gasteiger partial charge in [0, 0.05) is 11.1 Å². The molecule has 1 amide bonds. The lowest BCUT2D eigenvalue weighted by molar-refractivity contribution is 0.100. The fraction of sp³-hybridized carbons (Fsp3) is 0. The summed E-state index contributed by atoms with van der Waals surface area (Å²) in [6.07, 6.45) is 1.51. The monoisotopic (exact) mass is 325 g/mol. The molecule has 0 spiro atoms. The minimum Gasteiger partial charge on any atom is -0.366 e. The van der Waals surface area contributed by atoms with Crippen LogP contribution in [0.5, 0.6) is 0 Å². The first-order valence-corrected chi connectivity index (χ1v) is 5.62. The van der Waals surface area contributed by atoms with E-state index in [4.69, 9.17) is 5.73 Å². The molecule has 2 aromatic rings. The Morgan fingerprint density at radius 3 is 2.44 bits per heavy atom. The highest BCUT2D eigenvalue weighted by Gasteiger charge is 2.03. The first-order valence-electron chi connectivity index (χ1n) is 4.54. The van der Waals surface area contributed by atoms with Crippen LogP contribution in [-0.4, -0.2) is 15.9 Å². The average molecular weight is 325 g/mol. The molecule has 1 aromatic carbocycles. The van der Waals surface area contributed by atoms with Gasteiger partial charge in [-0.05, 0) is 40.8 Å². The van der Waals surface area contributed by atoms with Gasteiger partial charge in [0.2, 0.25) is 5.91 Å². The summed E-state index contributed by atoms with van der Waals surface area (Å²) >= 11 is 2.12. The quantitative estimate of drug-likeness (QED) is 0.677. The van der Waals surface area contributed by atoms with Crippen molar-refractivity contribution in [1.82, 2.24) is 9.97 Å². The summed E-state index contributed by atoms with van der Waals surface area (Å²) in [6, 6.07) is 8.89. The largest absolute Gasteiger partial charge is 0.366 e. The van der Waals surface area contributed by atoms with E-state index in [1.54, 1.807) is 12.1 Å². The number of hydrogen-bond acceptors (Lipinski definition) is 3. The molecule has 0 fully saturated rings. The zero-order chi connectivity index (χ0) is 11.5. The molecule has 0 atom stereocenters. The van der Waals surface area contributed by atoms with E-state index in [-0.39, 0.29) is 0 Å². The highest BCUT2D eigenvalue weighted by Crippen LogP contribution is 2.18. The maximum Gasteiger partial charge on any atom is 0.248 e. The number of nitrogens with two attached hydrogens (primary N) is 1.